The van der Waals surface area contributed by atoms with Crippen LogP contribution in [0.1, 0.15) is 38.3 Å². The highest BCUT2D eigenvalue weighted by Crippen LogP contribution is 2.32. The molecule has 2 atom stereocenters. The highest BCUT2D eigenvalue weighted by Gasteiger charge is 2.30. The van der Waals surface area contributed by atoms with E-state index >= 15 is 0 Å². The van der Waals surface area contributed by atoms with E-state index in [1.54, 1.807) is 0 Å². The van der Waals surface area contributed by atoms with E-state index in [9.17, 15) is 9.59 Å². The first-order valence-corrected chi connectivity index (χ1v) is 8.77. The minimum absolute atomic E-state index is 0.00373. The summed E-state index contributed by atoms with van der Waals surface area (Å²) in [6.07, 6.45) is 1.92. The van der Waals surface area contributed by atoms with Crippen LogP contribution in [0.3, 0.4) is 0 Å². The maximum atomic E-state index is 12.5. The minimum atomic E-state index is -0.581. The molecule has 1 aromatic rings. The fourth-order valence-corrected chi connectivity index (χ4v) is 3.23. The van der Waals surface area contributed by atoms with Gasteiger partial charge >= 0.3 is 0 Å². The monoisotopic (exact) mass is 381 g/mol. The van der Waals surface area contributed by atoms with Crippen LogP contribution in [0, 0.1) is 5.92 Å². The van der Waals surface area contributed by atoms with Gasteiger partial charge in [-0.2, -0.15) is 0 Å². The summed E-state index contributed by atoms with van der Waals surface area (Å²) in [7, 11) is 0. The first-order valence-electron chi connectivity index (χ1n) is 7.98. The van der Waals surface area contributed by atoms with E-state index in [1.807, 2.05) is 43.0 Å². The van der Waals surface area contributed by atoms with Gasteiger partial charge in [-0.15, -0.1) is 0 Å². The molecule has 2 rings (SSSR count). The summed E-state index contributed by atoms with van der Waals surface area (Å²) in [5, 5.41) is 2.66. The van der Waals surface area contributed by atoms with Crippen LogP contribution in [0.15, 0.2) is 28.7 Å². The van der Waals surface area contributed by atoms with Gasteiger partial charge in [-0.1, -0.05) is 41.9 Å². The molecule has 0 aliphatic carbocycles. The lowest BCUT2D eigenvalue weighted by Gasteiger charge is -2.26. The van der Waals surface area contributed by atoms with Crippen molar-refractivity contribution in [2.75, 3.05) is 13.1 Å². The Balaban J connectivity index is 1.97. The van der Waals surface area contributed by atoms with Gasteiger partial charge in [-0.25, -0.2) is 0 Å². The average molecular weight is 382 g/mol. The summed E-state index contributed by atoms with van der Waals surface area (Å²) in [4.78, 5) is 26.2. The molecule has 3 N–H and O–H groups in total. The molecule has 1 aliphatic rings. The van der Waals surface area contributed by atoms with Crippen molar-refractivity contribution in [1.82, 2.24) is 10.2 Å². The van der Waals surface area contributed by atoms with E-state index < -0.39 is 6.04 Å². The predicted molar refractivity (Wildman–Crippen MR) is 93.7 cm³/mol. The Kier molecular flexibility index (Phi) is 6.18. The number of nitrogens with one attached hydrogen (secondary N) is 1. The molecule has 5 nitrogen and oxygen atoms in total. The minimum Gasteiger partial charge on any atom is -0.346 e. The number of carbonyl (C=O) groups excluding carboxylic acids is 2. The van der Waals surface area contributed by atoms with Gasteiger partial charge in [-0.05, 0) is 36.5 Å². The lowest BCUT2D eigenvalue weighted by atomic mass is 10.0. The molecule has 1 saturated heterocycles. The number of amides is 2. The summed E-state index contributed by atoms with van der Waals surface area (Å²) in [6, 6.07) is 7.53. The van der Waals surface area contributed by atoms with Crippen molar-refractivity contribution in [3.63, 3.8) is 0 Å². The molecule has 0 bridgehead atoms. The number of nitrogens with zero attached hydrogens (tertiary/aromatic N) is 1. The van der Waals surface area contributed by atoms with Crippen molar-refractivity contribution in [1.29, 1.82) is 0 Å². The van der Waals surface area contributed by atoms with E-state index in [4.69, 9.17) is 5.73 Å². The molecule has 126 valence electrons. The van der Waals surface area contributed by atoms with Crippen LogP contribution in [0.4, 0.5) is 0 Å². The molecule has 0 aromatic heterocycles. The number of likely N-dealkylation sites (tertiary alicyclic amines) is 1. The number of nitrogens with two attached hydrogens (primary N) is 1. The molecule has 0 saturated carbocycles. The van der Waals surface area contributed by atoms with Crippen molar-refractivity contribution < 1.29 is 9.59 Å². The zero-order valence-corrected chi connectivity index (χ0v) is 15.2. The first kappa shape index (κ1) is 17.9. The number of hydrogen-bond acceptors (Lipinski definition) is 3. The zero-order valence-electron chi connectivity index (χ0n) is 13.6. The first-order chi connectivity index (χ1) is 10.9. The topological polar surface area (TPSA) is 75.4 Å². The van der Waals surface area contributed by atoms with Crippen LogP contribution in [0.2, 0.25) is 0 Å². The van der Waals surface area contributed by atoms with E-state index in [2.05, 4.69) is 21.2 Å². The lowest BCUT2D eigenvalue weighted by Crippen LogP contribution is -2.47. The van der Waals surface area contributed by atoms with Gasteiger partial charge in [0.15, 0.2) is 0 Å². The number of carbonyl (C=O) groups is 2. The Bertz CT molecular complexity index is 577. The van der Waals surface area contributed by atoms with Gasteiger partial charge in [0.05, 0.1) is 18.6 Å². The molecule has 1 unspecified atom stereocenters. The Morgan fingerprint density at radius 3 is 2.83 bits per heavy atom. The second-order valence-corrected chi connectivity index (χ2v) is 7.20. The van der Waals surface area contributed by atoms with Crippen LogP contribution in [0.5, 0.6) is 0 Å². The average Bonchev–Trinajstić information content (AvgIpc) is 3.01. The number of halogens is 1. The summed E-state index contributed by atoms with van der Waals surface area (Å²) < 4.78 is 1.01. The summed E-state index contributed by atoms with van der Waals surface area (Å²) in [5.74, 6) is -0.283. The van der Waals surface area contributed by atoms with Gasteiger partial charge in [0.25, 0.3) is 0 Å². The molecule has 0 spiro atoms. The molecule has 6 heteroatoms. The number of benzene rings is 1. The highest BCUT2D eigenvalue weighted by molar-refractivity contribution is 9.10. The smallest absolute Gasteiger partial charge is 0.242 e. The standard InChI is InChI=1S/C17H24BrN3O2/c1-11(2)16(19)17(23)20-10-15(22)21-8-4-7-14(21)12-5-3-6-13(18)9-12/h3,5-6,9,11,14,16H,4,7-8,10,19H2,1-2H3,(H,20,23)/t14?,16-/m0/s1. The maximum Gasteiger partial charge on any atom is 0.242 e. The Labute approximate surface area is 145 Å². The second-order valence-electron chi connectivity index (χ2n) is 6.29. The van der Waals surface area contributed by atoms with Crippen LogP contribution >= 0.6 is 15.9 Å². The second kappa shape index (κ2) is 7.93. The third kappa shape index (κ3) is 4.54. The predicted octanol–water partition coefficient (Wildman–Crippen LogP) is 2.21. The fourth-order valence-electron chi connectivity index (χ4n) is 2.81. The largest absolute Gasteiger partial charge is 0.346 e. The van der Waals surface area contributed by atoms with Gasteiger partial charge in [-0.3, -0.25) is 9.59 Å². The summed E-state index contributed by atoms with van der Waals surface area (Å²) in [5.41, 5.74) is 6.91. The van der Waals surface area contributed by atoms with Crippen LogP contribution in [-0.2, 0) is 9.59 Å². The van der Waals surface area contributed by atoms with Crippen LogP contribution in [-0.4, -0.2) is 35.8 Å². The van der Waals surface area contributed by atoms with Crippen LogP contribution in [0.25, 0.3) is 0 Å². The fraction of sp³-hybridized carbons (Fsp3) is 0.529. The molecule has 2 amide bonds. The third-order valence-corrected chi connectivity index (χ3v) is 4.73. The Hall–Kier alpha value is -1.40. The molecule has 23 heavy (non-hydrogen) atoms. The third-order valence-electron chi connectivity index (χ3n) is 4.24. The quantitative estimate of drug-likeness (QED) is 0.820. The van der Waals surface area contributed by atoms with Crippen molar-refractivity contribution in [3.05, 3.63) is 34.3 Å². The number of rotatable bonds is 5. The molecular formula is C17H24BrN3O2. The Morgan fingerprint density at radius 1 is 1.43 bits per heavy atom. The Morgan fingerprint density at radius 2 is 2.17 bits per heavy atom. The molecule has 1 aromatic carbocycles. The molecular weight excluding hydrogens is 358 g/mol. The maximum absolute atomic E-state index is 12.5. The molecule has 0 radical (unpaired) electrons. The van der Waals surface area contributed by atoms with Crippen molar-refractivity contribution in [2.45, 2.75) is 38.8 Å². The van der Waals surface area contributed by atoms with Crippen LogP contribution < -0.4 is 11.1 Å². The van der Waals surface area contributed by atoms with E-state index in [0.717, 1.165) is 29.4 Å². The molecule has 1 heterocycles. The number of hydrogen-bond donors (Lipinski definition) is 2. The molecule has 1 fully saturated rings. The van der Waals surface area contributed by atoms with Gasteiger partial charge in [0, 0.05) is 11.0 Å². The van der Waals surface area contributed by atoms with E-state index in [1.165, 1.54) is 0 Å². The zero-order chi connectivity index (χ0) is 17.0. The lowest BCUT2D eigenvalue weighted by molar-refractivity contribution is -0.134. The van der Waals surface area contributed by atoms with Crippen molar-refractivity contribution >= 4 is 27.7 Å². The van der Waals surface area contributed by atoms with Gasteiger partial charge in [0.1, 0.15) is 0 Å². The van der Waals surface area contributed by atoms with Gasteiger partial charge in [0.2, 0.25) is 11.8 Å². The summed E-state index contributed by atoms with van der Waals surface area (Å²) in [6.45, 7) is 4.50. The SMILES string of the molecule is CC(C)[C@H](N)C(=O)NCC(=O)N1CCCC1c1cccc(Br)c1. The van der Waals surface area contributed by atoms with E-state index in [-0.39, 0.29) is 30.3 Å². The summed E-state index contributed by atoms with van der Waals surface area (Å²) >= 11 is 3.47. The van der Waals surface area contributed by atoms with E-state index in [0.29, 0.717) is 0 Å². The molecule has 1 aliphatic heterocycles. The van der Waals surface area contributed by atoms with Crippen molar-refractivity contribution in [3.8, 4) is 0 Å². The highest BCUT2D eigenvalue weighted by atomic mass is 79.9. The normalized spacial score (nSPS) is 19.0. The van der Waals surface area contributed by atoms with Crippen molar-refractivity contribution in [2.24, 2.45) is 11.7 Å². The van der Waals surface area contributed by atoms with Gasteiger partial charge < -0.3 is 16.0 Å².